The van der Waals surface area contributed by atoms with Gasteiger partial charge in [-0.2, -0.15) is 0 Å². The Morgan fingerprint density at radius 3 is 2.64 bits per heavy atom. The Balaban J connectivity index is 1.78. The Hall–Kier alpha value is -2.95. The molecule has 5 nitrogen and oxygen atoms in total. The Bertz CT molecular complexity index is 857. The molecule has 0 bridgehead atoms. The zero-order chi connectivity index (χ0) is 18.0. The van der Waals surface area contributed by atoms with E-state index >= 15 is 0 Å². The van der Waals surface area contributed by atoms with Crippen LogP contribution >= 0.6 is 0 Å². The van der Waals surface area contributed by atoms with Crippen LogP contribution in [0.5, 0.6) is 5.75 Å². The van der Waals surface area contributed by atoms with Crippen LogP contribution in [0.4, 0.5) is 4.79 Å². The number of rotatable bonds is 3. The second kappa shape index (κ2) is 6.89. The van der Waals surface area contributed by atoms with Gasteiger partial charge in [0.1, 0.15) is 5.75 Å². The first kappa shape index (κ1) is 16.9. The molecule has 2 aromatic rings. The minimum Gasteiger partial charge on any atom is -0.507 e. The summed E-state index contributed by atoms with van der Waals surface area (Å²) in [7, 11) is 3.75. The number of phenols is 1. The van der Waals surface area contributed by atoms with E-state index in [0.717, 1.165) is 28.6 Å². The Kier molecular flexibility index (Phi) is 4.65. The molecular weight excluding hydrogens is 314 g/mol. The van der Waals surface area contributed by atoms with Crippen LogP contribution in [-0.2, 0) is 0 Å². The lowest BCUT2D eigenvalue weighted by Gasteiger charge is -2.26. The van der Waals surface area contributed by atoms with Gasteiger partial charge in [-0.05, 0) is 36.1 Å². The number of hydrogen-bond acceptors (Lipinski definition) is 3. The van der Waals surface area contributed by atoms with Crippen molar-refractivity contribution < 1.29 is 9.90 Å². The minimum atomic E-state index is -0.184. The lowest BCUT2D eigenvalue weighted by molar-refractivity contribution is 0.216. The van der Waals surface area contributed by atoms with Gasteiger partial charge in [0.25, 0.3) is 0 Å². The van der Waals surface area contributed by atoms with Crippen LogP contribution in [0.2, 0.25) is 0 Å². The topological polar surface area (TPSA) is 55.8 Å². The van der Waals surface area contributed by atoms with E-state index in [1.807, 2.05) is 67.6 Å². The highest BCUT2D eigenvalue weighted by Crippen LogP contribution is 2.30. The van der Waals surface area contributed by atoms with Crippen molar-refractivity contribution in [2.45, 2.75) is 13.0 Å². The predicted octanol–water partition coefficient (Wildman–Crippen LogP) is 3.59. The van der Waals surface area contributed by atoms with Crippen LogP contribution in [0, 0.1) is 0 Å². The molecule has 2 N–H and O–H groups in total. The molecule has 1 unspecified atom stereocenters. The van der Waals surface area contributed by atoms with E-state index in [-0.39, 0.29) is 17.8 Å². The van der Waals surface area contributed by atoms with Gasteiger partial charge in [-0.1, -0.05) is 30.3 Å². The van der Waals surface area contributed by atoms with Gasteiger partial charge in [0.05, 0.1) is 6.04 Å². The predicted molar refractivity (Wildman–Crippen MR) is 100 cm³/mol. The van der Waals surface area contributed by atoms with Gasteiger partial charge in [-0.15, -0.1) is 0 Å². The lowest BCUT2D eigenvalue weighted by atomic mass is 9.99. The molecule has 1 aliphatic heterocycles. The van der Waals surface area contributed by atoms with E-state index in [4.69, 9.17) is 0 Å². The molecule has 0 aromatic heterocycles. The summed E-state index contributed by atoms with van der Waals surface area (Å²) in [5.41, 5.74) is 1.85. The SMILES string of the molecule is CC(NC(=O)N(C)C1=CCN(C)C=C1)c1ccc(O)c2ccccc12. The molecule has 3 rings (SSSR count). The number of nitrogens with one attached hydrogen (secondary N) is 1. The molecule has 130 valence electrons. The van der Waals surface area contributed by atoms with Gasteiger partial charge in [-0.3, -0.25) is 4.90 Å². The summed E-state index contributed by atoms with van der Waals surface area (Å²) in [6.07, 6.45) is 5.89. The quantitative estimate of drug-likeness (QED) is 0.900. The van der Waals surface area contributed by atoms with Gasteiger partial charge in [0.2, 0.25) is 0 Å². The summed E-state index contributed by atoms with van der Waals surface area (Å²) >= 11 is 0. The fraction of sp³-hybridized carbons (Fsp3) is 0.250. The standard InChI is InChI=1S/C20H23N3O2/c1-14(16-8-9-19(24)18-7-5-4-6-17(16)18)21-20(25)23(3)15-10-12-22(2)13-11-15/h4-12,14,24H,13H2,1-3H3,(H,21,25). The summed E-state index contributed by atoms with van der Waals surface area (Å²) < 4.78 is 0. The van der Waals surface area contributed by atoms with Crippen molar-refractivity contribution in [3.63, 3.8) is 0 Å². The summed E-state index contributed by atoms with van der Waals surface area (Å²) in [6.45, 7) is 2.73. The van der Waals surface area contributed by atoms with Crippen molar-refractivity contribution >= 4 is 16.8 Å². The van der Waals surface area contributed by atoms with Crippen LogP contribution in [0.3, 0.4) is 0 Å². The Morgan fingerprint density at radius 1 is 1.24 bits per heavy atom. The summed E-state index contributed by atoms with van der Waals surface area (Å²) in [5.74, 6) is 0.247. The molecule has 1 atom stereocenters. The highest BCUT2D eigenvalue weighted by molar-refractivity contribution is 5.91. The number of benzene rings is 2. The smallest absolute Gasteiger partial charge is 0.322 e. The molecule has 25 heavy (non-hydrogen) atoms. The van der Waals surface area contributed by atoms with Crippen LogP contribution < -0.4 is 5.32 Å². The molecule has 0 spiro atoms. The second-order valence-corrected chi connectivity index (χ2v) is 6.33. The number of carbonyl (C=O) groups excluding carboxylic acids is 1. The van der Waals surface area contributed by atoms with Gasteiger partial charge in [0, 0.05) is 37.9 Å². The molecule has 0 aliphatic carbocycles. The number of phenolic OH excluding ortho intramolecular Hbond substituents is 1. The summed E-state index contributed by atoms with van der Waals surface area (Å²) in [6, 6.07) is 10.8. The first-order valence-corrected chi connectivity index (χ1v) is 8.31. The number of fused-ring (bicyclic) bond motifs is 1. The Morgan fingerprint density at radius 2 is 1.96 bits per heavy atom. The molecule has 5 heteroatoms. The van der Waals surface area contributed by atoms with Gasteiger partial charge >= 0.3 is 6.03 Å². The lowest BCUT2D eigenvalue weighted by Crippen LogP contribution is -2.38. The number of urea groups is 1. The number of likely N-dealkylation sites (N-methyl/N-ethyl adjacent to an activating group) is 2. The number of hydrogen-bond donors (Lipinski definition) is 2. The molecular formula is C20H23N3O2. The molecule has 2 amide bonds. The number of allylic oxidation sites excluding steroid dienone is 1. The number of amides is 2. The average molecular weight is 337 g/mol. The van der Waals surface area contributed by atoms with E-state index in [9.17, 15) is 9.90 Å². The maximum atomic E-state index is 12.6. The minimum absolute atomic E-state index is 0.162. The third-order valence-corrected chi connectivity index (χ3v) is 4.52. The molecule has 0 fully saturated rings. The fourth-order valence-electron chi connectivity index (χ4n) is 2.98. The van der Waals surface area contributed by atoms with E-state index in [0.29, 0.717) is 0 Å². The van der Waals surface area contributed by atoms with E-state index in [1.165, 1.54) is 0 Å². The van der Waals surface area contributed by atoms with E-state index < -0.39 is 0 Å². The summed E-state index contributed by atoms with van der Waals surface area (Å²) in [5, 5.41) is 14.8. The molecule has 0 radical (unpaired) electrons. The highest BCUT2D eigenvalue weighted by Gasteiger charge is 2.18. The van der Waals surface area contributed by atoms with Gasteiger partial charge in [0.15, 0.2) is 0 Å². The fourth-order valence-corrected chi connectivity index (χ4v) is 2.98. The molecule has 0 saturated carbocycles. The highest BCUT2D eigenvalue weighted by atomic mass is 16.3. The van der Waals surface area contributed by atoms with Crippen molar-refractivity contribution in [2.75, 3.05) is 20.6 Å². The second-order valence-electron chi connectivity index (χ2n) is 6.33. The maximum Gasteiger partial charge on any atom is 0.322 e. The zero-order valence-corrected chi connectivity index (χ0v) is 14.7. The van der Waals surface area contributed by atoms with E-state index in [2.05, 4.69) is 5.32 Å². The third kappa shape index (κ3) is 3.45. The van der Waals surface area contributed by atoms with Crippen molar-refractivity contribution in [2.24, 2.45) is 0 Å². The zero-order valence-electron chi connectivity index (χ0n) is 14.7. The van der Waals surface area contributed by atoms with Crippen LogP contribution in [0.15, 0.2) is 60.4 Å². The Labute approximate surface area is 147 Å². The van der Waals surface area contributed by atoms with Gasteiger partial charge < -0.3 is 15.3 Å². The maximum absolute atomic E-state index is 12.6. The monoisotopic (exact) mass is 337 g/mol. The number of nitrogens with zero attached hydrogens (tertiary/aromatic N) is 2. The van der Waals surface area contributed by atoms with E-state index in [1.54, 1.807) is 18.0 Å². The number of carbonyl (C=O) groups is 1. The van der Waals surface area contributed by atoms with Crippen molar-refractivity contribution in [3.05, 3.63) is 66.0 Å². The number of aromatic hydroxyl groups is 1. The van der Waals surface area contributed by atoms with Crippen molar-refractivity contribution in [1.82, 2.24) is 15.1 Å². The normalized spacial score (nSPS) is 15.0. The van der Waals surface area contributed by atoms with Crippen molar-refractivity contribution in [3.8, 4) is 5.75 Å². The molecule has 2 aromatic carbocycles. The van der Waals surface area contributed by atoms with Crippen LogP contribution in [0.25, 0.3) is 10.8 Å². The van der Waals surface area contributed by atoms with Crippen LogP contribution in [-0.4, -0.2) is 41.6 Å². The van der Waals surface area contributed by atoms with Crippen LogP contribution in [0.1, 0.15) is 18.5 Å². The molecule has 1 heterocycles. The molecule has 1 aliphatic rings. The van der Waals surface area contributed by atoms with Gasteiger partial charge in [-0.25, -0.2) is 4.79 Å². The third-order valence-electron chi connectivity index (χ3n) is 4.52. The first-order chi connectivity index (χ1) is 12.0. The van der Waals surface area contributed by atoms with Crippen molar-refractivity contribution in [1.29, 1.82) is 0 Å². The summed E-state index contributed by atoms with van der Waals surface area (Å²) in [4.78, 5) is 16.2. The largest absolute Gasteiger partial charge is 0.507 e. The average Bonchev–Trinajstić information content (AvgIpc) is 2.62. The molecule has 0 saturated heterocycles. The first-order valence-electron chi connectivity index (χ1n) is 8.31.